The van der Waals surface area contributed by atoms with Crippen molar-refractivity contribution in [3.63, 3.8) is 0 Å². The van der Waals surface area contributed by atoms with Gasteiger partial charge in [0, 0.05) is 24.3 Å². The Labute approximate surface area is 189 Å². The number of sulfonamides is 1. The highest BCUT2D eigenvalue weighted by molar-refractivity contribution is 7.92. The molecule has 0 aliphatic carbocycles. The van der Waals surface area contributed by atoms with Crippen LogP contribution in [0.4, 0.5) is 14.5 Å². The van der Waals surface area contributed by atoms with Gasteiger partial charge in [-0.1, -0.05) is 12.1 Å². The molecule has 1 amide bonds. The largest absolute Gasteiger partial charge is 0.352 e. The summed E-state index contributed by atoms with van der Waals surface area (Å²) in [4.78, 5) is 16.3. The Hall–Kier alpha value is -3.79. The summed E-state index contributed by atoms with van der Waals surface area (Å²) in [5.74, 6) is -2.69. The van der Waals surface area contributed by atoms with E-state index < -0.39 is 26.6 Å². The molecule has 0 aliphatic rings. The van der Waals surface area contributed by atoms with E-state index in [2.05, 4.69) is 15.0 Å². The lowest BCUT2D eigenvalue weighted by Crippen LogP contribution is -2.25. The van der Waals surface area contributed by atoms with Gasteiger partial charge in [-0.3, -0.25) is 9.52 Å². The molecule has 4 rings (SSSR count). The van der Waals surface area contributed by atoms with Crippen molar-refractivity contribution in [3.8, 4) is 0 Å². The number of anilines is 1. The molecule has 0 radical (unpaired) electrons. The van der Waals surface area contributed by atoms with Gasteiger partial charge in [-0.25, -0.2) is 22.2 Å². The van der Waals surface area contributed by atoms with Crippen LogP contribution in [-0.2, 0) is 16.6 Å². The maximum absolute atomic E-state index is 13.4. The van der Waals surface area contributed by atoms with Gasteiger partial charge in [-0.2, -0.15) is 0 Å². The summed E-state index contributed by atoms with van der Waals surface area (Å²) in [5.41, 5.74) is 2.49. The smallest absolute Gasteiger partial charge is 0.261 e. The van der Waals surface area contributed by atoms with Crippen LogP contribution < -0.4 is 10.0 Å². The topological polar surface area (TPSA) is 93.1 Å². The molecule has 4 aromatic rings. The van der Waals surface area contributed by atoms with Gasteiger partial charge >= 0.3 is 0 Å². The Morgan fingerprint density at radius 1 is 0.970 bits per heavy atom. The van der Waals surface area contributed by atoms with Crippen LogP contribution in [0.3, 0.4) is 0 Å². The molecule has 2 N–H and O–H groups in total. The van der Waals surface area contributed by atoms with Gasteiger partial charge in [-0.15, -0.1) is 0 Å². The molecule has 0 saturated carbocycles. The fourth-order valence-corrected chi connectivity index (χ4v) is 4.36. The van der Waals surface area contributed by atoms with Crippen molar-refractivity contribution >= 4 is 32.7 Å². The molecule has 0 unspecified atom stereocenters. The summed E-state index contributed by atoms with van der Waals surface area (Å²) in [7, 11) is -4.11. The molecule has 1 aromatic heterocycles. The number of nitrogens with one attached hydrogen (secondary N) is 2. The molecule has 0 saturated heterocycles. The molecule has 7 nitrogen and oxygen atoms in total. The van der Waals surface area contributed by atoms with Crippen molar-refractivity contribution in [3.05, 3.63) is 90.3 Å². The first kappa shape index (κ1) is 22.4. The molecule has 3 aromatic carbocycles. The first-order valence-electron chi connectivity index (χ1n) is 10.1. The lowest BCUT2D eigenvalue weighted by molar-refractivity contribution is 0.0953. The molecule has 0 fully saturated rings. The molecule has 10 heteroatoms. The number of para-hydroxylation sites is 2. The molecule has 170 valence electrons. The number of hydrogen-bond donors (Lipinski definition) is 2. The Morgan fingerprint density at radius 3 is 2.48 bits per heavy atom. The second-order valence-corrected chi connectivity index (χ2v) is 8.98. The van der Waals surface area contributed by atoms with Crippen molar-refractivity contribution in [2.75, 3.05) is 11.3 Å². The first-order valence-corrected chi connectivity index (χ1v) is 11.6. The van der Waals surface area contributed by atoms with E-state index in [0.717, 1.165) is 23.2 Å². The van der Waals surface area contributed by atoms with Crippen molar-refractivity contribution < 1.29 is 22.0 Å². The fraction of sp³-hybridized carbons (Fsp3) is 0.130. The van der Waals surface area contributed by atoms with E-state index in [1.54, 1.807) is 6.33 Å². The van der Waals surface area contributed by atoms with E-state index >= 15 is 0 Å². The second kappa shape index (κ2) is 9.37. The van der Waals surface area contributed by atoms with Gasteiger partial charge in [0.1, 0.15) is 0 Å². The highest BCUT2D eigenvalue weighted by Gasteiger charge is 2.17. The zero-order chi connectivity index (χ0) is 23.4. The van der Waals surface area contributed by atoms with Crippen molar-refractivity contribution in [2.24, 2.45) is 0 Å². The minimum atomic E-state index is -4.11. The van der Waals surface area contributed by atoms with Crippen LogP contribution in [0.1, 0.15) is 16.8 Å². The molecule has 33 heavy (non-hydrogen) atoms. The maximum Gasteiger partial charge on any atom is 0.261 e. The van der Waals surface area contributed by atoms with Crippen LogP contribution in [0, 0.1) is 11.6 Å². The van der Waals surface area contributed by atoms with Crippen molar-refractivity contribution in [2.45, 2.75) is 17.9 Å². The Balaban J connectivity index is 1.31. The Kier molecular flexibility index (Phi) is 6.36. The van der Waals surface area contributed by atoms with Crippen LogP contribution >= 0.6 is 0 Å². The van der Waals surface area contributed by atoms with E-state index in [1.165, 1.54) is 24.3 Å². The molecule has 0 spiro atoms. The van der Waals surface area contributed by atoms with E-state index in [9.17, 15) is 22.0 Å². The normalized spacial score (nSPS) is 11.5. The highest BCUT2D eigenvalue weighted by Crippen LogP contribution is 2.19. The second-order valence-electron chi connectivity index (χ2n) is 7.29. The van der Waals surface area contributed by atoms with Crippen molar-refractivity contribution in [1.29, 1.82) is 0 Å². The Bertz CT molecular complexity index is 1400. The van der Waals surface area contributed by atoms with Crippen LogP contribution in [0.5, 0.6) is 0 Å². The number of carbonyl (C=O) groups excluding carboxylic acids is 1. The van der Waals surface area contributed by atoms with Gasteiger partial charge in [0.25, 0.3) is 15.9 Å². The molecule has 0 atom stereocenters. The van der Waals surface area contributed by atoms with Crippen LogP contribution in [0.15, 0.2) is 78.0 Å². The number of imidazole rings is 1. The molecular weight excluding hydrogens is 450 g/mol. The summed E-state index contributed by atoms with van der Waals surface area (Å²) < 4.78 is 55.4. The van der Waals surface area contributed by atoms with E-state index in [1.807, 2.05) is 28.8 Å². The number of benzene rings is 3. The number of hydrogen-bond acceptors (Lipinski definition) is 4. The number of halogens is 2. The third-order valence-electron chi connectivity index (χ3n) is 4.99. The lowest BCUT2D eigenvalue weighted by atomic mass is 10.2. The first-order chi connectivity index (χ1) is 15.8. The third-order valence-corrected chi connectivity index (χ3v) is 6.37. The predicted molar refractivity (Wildman–Crippen MR) is 120 cm³/mol. The van der Waals surface area contributed by atoms with Crippen LogP contribution in [0.25, 0.3) is 11.0 Å². The molecule has 0 aliphatic heterocycles. The quantitative estimate of drug-likeness (QED) is 0.382. The average Bonchev–Trinajstić information content (AvgIpc) is 3.21. The number of aromatic nitrogens is 2. The minimum Gasteiger partial charge on any atom is -0.352 e. The standard InChI is InChI=1S/C23H20F2N4O3S/c24-19-11-10-18(14-20(19)25)33(31,32)28-17-8-6-16(7-9-17)23(30)26-12-3-13-29-15-27-21-4-1-2-5-22(21)29/h1-2,4-11,14-15,28H,3,12-13H2,(H,26,30). The van der Waals surface area contributed by atoms with Crippen LogP contribution in [0.2, 0.25) is 0 Å². The average molecular weight is 471 g/mol. The Morgan fingerprint density at radius 2 is 1.73 bits per heavy atom. The SMILES string of the molecule is O=C(NCCCn1cnc2ccccc21)c1ccc(NS(=O)(=O)c2ccc(F)c(F)c2)cc1. The molecular formula is C23H20F2N4O3S. The summed E-state index contributed by atoms with van der Waals surface area (Å²) in [5, 5.41) is 2.83. The van der Waals surface area contributed by atoms with Crippen molar-refractivity contribution in [1.82, 2.24) is 14.9 Å². The summed E-state index contributed by atoms with van der Waals surface area (Å²) in [6.45, 7) is 1.15. The summed E-state index contributed by atoms with van der Waals surface area (Å²) in [6.07, 6.45) is 2.48. The summed E-state index contributed by atoms with van der Waals surface area (Å²) >= 11 is 0. The van der Waals surface area contributed by atoms with Crippen LogP contribution in [-0.4, -0.2) is 30.4 Å². The van der Waals surface area contributed by atoms with Gasteiger partial charge in [0.15, 0.2) is 11.6 Å². The number of nitrogens with zero attached hydrogens (tertiary/aromatic N) is 2. The van der Waals surface area contributed by atoms with E-state index in [0.29, 0.717) is 31.1 Å². The zero-order valence-electron chi connectivity index (χ0n) is 17.3. The number of rotatable bonds is 8. The number of carbonyl (C=O) groups is 1. The fourth-order valence-electron chi connectivity index (χ4n) is 3.29. The number of amides is 1. The lowest BCUT2D eigenvalue weighted by Gasteiger charge is -2.10. The number of aryl methyl sites for hydroxylation is 1. The molecule has 0 bridgehead atoms. The highest BCUT2D eigenvalue weighted by atomic mass is 32.2. The summed E-state index contributed by atoms with van der Waals surface area (Å²) in [6, 6.07) is 15.9. The van der Waals surface area contributed by atoms with Gasteiger partial charge < -0.3 is 9.88 Å². The van der Waals surface area contributed by atoms with Gasteiger partial charge in [0.2, 0.25) is 0 Å². The predicted octanol–water partition coefficient (Wildman–Crippen LogP) is 3.94. The monoisotopic (exact) mass is 470 g/mol. The van der Waals surface area contributed by atoms with Gasteiger partial charge in [0.05, 0.1) is 22.3 Å². The van der Waals surface area contributed by atoms with Gasteiger partial charge in [-0.05, 0) is 61.0 Å². The third kappa shape index (κ3) is 5.17. The van der Waals surface area contributed by atoms with E-state index in [-0.39, 0.29) is 11.6 Å². The zero-order valence-corrected chi connectivity index (χ0v) is 18.1. The maximum atomic E-state index is 13.4. The van der Waals surface area contributed by atoms with E-state index in [4.69, 9.17) is 0 Å². The molecule has 1 heterocycles. The minimum absolute atomic E-state index is 0.184. The number of fused-ring (bicyclic) bond motifs is 1.